The number of hydrogen-bond donors (Lipinski definition) is 2. The zero-order chi connectivity index (χ0) is 17.1. The molecule has 25 heavy (non-hydrogen) atoms. The molecule has 1 aromatic carbocycles. The molecule has 0 bridgehead atoms. The van der Waals surface area contributed by atoms with Crippen molar-refractivity contribution < 1.29 is 9.53 Å². The summed E-state index contributed by atoms with van der Waals surface area (Å²) in [6.45, 7) is 3.61. The fourth-order valence-corrected chi connectivity index (χ4v) is 3.10. The Bertz CT molecular complexity index is 884. The molecule has 0 spiro atoms. The van der Waals surface area contributed by atoms with Crippen LogP contribution in [0.3, 0.4) is 0 Å². The molecule has 0 radical (unpaired) electrons. The van der Waals surface area contributed by atoms with Crippen molar-refractivity contribution in [2.45, 2.75) is 6.54 Å². The number of benzene rings is 1. The molecule has 0 aliphatic carbocycles. The van der Waals surface area contributed by atoms with Gasteiger partial charge in [-0.15, -0.1) is 0 Å². The topological polar surface area (TPSA) is 70.2 Å². The molecule has 1 fully saturated rings. The average molecular weight is 336 g/mol. The minimum atomic E-state index is -0.0741. The number of H-pyrrole nitrogens is 1. The number of nitrogens with one attached hydrogen (secondary N) is 2. The lowest BCUT2D eigenvalue weighted by atomic mass is 10.1. The van der Waals surface area contributed by atoms with Gasteiger partial charge >= 0.3 is 0 Å². The van der Waals surface area contributed by atoms with E-state index in [4.69, 9.17) is 4.74 Å². The molecule has 0 unspecified atom stereocenters. The molecule has 1 amide bonds. The molecule has 1 aliphatic rings. The number of aromatic amines is 1. The third kappa shape index (κ3) is 3.34. The summed E-state index contributed by atoms with van der Waals surface area (Å²) in [6.07, 6.45) is 3.64. The normalized spacial score (nSPS) is 14.6. The number of hydrogen-bond acceptors (Lipinski definition) is 4. The van der Waals surface area contributed by atoms with Crippen LogP contribution in [0.25, 0.3) is 10.9 Å². The van der Waals surface area contributed by atoms with Crippen molar-refractivity contribution in [3.8, 4) is 0 Å². The number of fused-ring (bicyclic) bond motifs is 1. The lowest BCUT2D eigenvalue weighted by Gasteiger charge is -2.28. The second-order valence-electron chi connectivity index (χ2n) is 6.05. The first-order chi connectivity index (χ1) is 12.3. The quantitative estimate of drug-likeness (QED) is 0.767. The second kappa shape index (κ2) is 6.94. The Balaban J connectivity index is 1.46. The lowest BCUT2D eigenvalue weighted by Crippen LogP contribution is -2.36. The second-order valence-corrected chi connectivity index (χ2v) is 6.05. The molecule has 3 aromatic rings. The summed E-state index contributed by atoms with van der Waals surface area (Å²) >= 11 is 0. The molecule has 128 valence electrons. The van der Waals surface area contributed by atoms with Gasteiger partial charge in [0, 0.05) is 48.5 Å². The summed E-state index contributed by atoms with van der Waals surface area (Å²) in [4.78, 5) is 22.3. The van der Waals surface area contributed by atoms with Gasteiger partial charge in [-0.3, -0.25) is 4.79 Å². The van der Waals surface area contributed by atoms with Gasteiger partial charge in [0.2, 0.25) is 0 Å². The van der Waals surface area contributed by atoms with Gasteiger partial charge in [-0.2, -0.15) is 0 Å². The lowest BCUT2D eigenvalue weighted by molar-refractivity contribution is 0.0952. The summed E-state index contributed by atoms with van der Waals surface area (Å²) in [5.41, 5.74) is 2.68. The molecule has 3 heterocycles. The van der Waals surface area contributed by atoms with Crippen LogP contribution < -0.4 is 10.2 Å². The molecule has 2 N–H and O–H groups in total. The van der Waals surface area contributed by atoms with E-state index in [9.17, 15) is 4.79 Å². The first-order valence-electron chi connectivity index (χ1n) is 8.43. The van der Waals surface area contributed by atoms with E-state index in [1.165, 1.54) is 0 Å². The maximum atomic E-state index is 12.5. The van der Waals surface area contributed by atoms with E-state index in [-0.39, 0.29) is 5.91 Å². The van der Waals surface area contributed by atoms with E-state index in [2.05, 4.69) is 20.2 Å². The van der Waals surface area contributed by atoms with Crippen LogP contribution in [0.4, 0.5) is 5.82 Å². The van der Waals surface area contributed by atoms with Crippen molar-refractivity contribution in [2.24, 2.45) is 0 Å². The summed E-state index contributed by atoms with van der Waals surface area (Å²) in [5, 5.41) is 3.94. The van der Waals surface area contributed by atoms with Gasteiger partial charge in [0.15, 0.2) is 0 Å². The third-order valence-electron chi connectivity index (χ3n) is 4.44. The highest BCUT2D eigenvalue weighted by atomic mass is 16.5. The zero-order valence-electron chi connectivity index (χ0n) is 13.9. The molecule has 0 saturated carbocycles. The number of aromatic nitrogens is 2. The van der Waals surface area contributed by atoms with Gasteiger partial charge in [0.1, 0.15) is 5.82 Å². The minimum absolute atomic E-state index is 0.0741. The molecular weight excluding hydrogens is 316 g/mol. The maximum absolute atomic E-state index is 12.5. The maximum Gasteiger partial charge on any atom is 0.252 e. The van der Waals surface area contributed by atoms with Gasteiger partial charge in [-0.25, -0.2) is 4.98 Å². The number of rotatable bonds is 4. The molecule has 6 heteroatoms. The van der Waals surface area contributed by atoms with Crippen LogP contribution in [0.1, 0.15) is 15.9 Å². The highest BCUT2D eigenvalue weighted by Crippen LogP contribution is 2.18. The number of morpholine rings is 1. The Morgan fingerprint density at radius 1 is 1.24 bits per heavy atom. The minimum Gasteiger partial charge on any atom is -0.378 e. The fourth-order valence-electron chi connectivity index (χ4n) is 3.10. The molecule has 4 rings (SSSR count). The first-order valence-corrected chi connectivity index (χ1v) is 8.43. The zero-order valence-corrected chi connectivity index (χ0v) is 13.9. The van der Waals surface area contributed by atoms with Crippen molar-refractivity contribution in [3.05, 3.63) is 59.9 Å². The van der Waals surface area contributed by atoms with Crippen molar-refractivity contribution in [1.82, 2.24) is 15.3 Å². The van der Waals surface area contributed by atoms with Crippen LogP contribution in [0, 0.1) is 0 Å². The first kappa shape index (κ1) is 15.7. The number of nitrogens with zero attached hydrogens (tertiary/aromatic N) is 2. The van der Waals surface area contributed by atoms with E-state index in [1.54, 1.807) is 6.20 Å². The molecule has 1 saturated heterocycles. The Morgan fingerprint density at radius 3 is 3.00 bits per heavy atom. The number of anilines is 1. The van der Waals surface area contributed by atoms with Gasteiger partial charge < -0.3 is 19.9 Å². The molecule has 2 aromatic heterocycles. The van der Waals surface area contributed by atoms with E-state index in [0.717, 1.165) is 48.6 Å². The third-order valence-corrected chi connectivity index (χ3v) is 4.44. The predicted molar refractivity (Wildman–Crippen MR) is 96.7 cm³/mol. The van der Waals surface area contributed by atoms with Crippen LogP contribution in [0.2, 0.25) is 0 Å². The average Bonchev–Trinajstić information content (AvgIpc) is 3.16. The van der Waals surface area contributed by atoms with Crippen LogP contribution in [-0.2, 0) is 11.3 Å². The number of amides is 1. The smallest absolute Gasteiger partial charge is 0.252 e. The molecular formula is C19H20N4O2. The predicted octanol–water partition coefficient (Wildman–Crippen LogP) is 2.33. The Labute approximate surface area is 145 Å². The summed E-state index contributed by atoms with van der Waals surface area (Å²) in [7, 11) is 0. The summed E-state index contributed by atoms with van der Waals surface area (Å²) in [6, 6.07) is 11.6. The summed E-state index contributed by atoms with van der Waals surface area (Å²) < 4.78 is 5.38. The SMILES string of the molecule is O=C(NCc1ccnc(N2CCOCC2)c1)c1cccc2[nH]ccc12. The monoisotopic (exact) mass is 336 g/mol. The van der Waals surface area contributed by atoms with E-state index < -0.39 is 0 Å². The largest absolute Gasteiger partial charge is 0.378 e. The highest BCUT2D eigenvalue weighted by molar-refractivity contribution is 6.06. The van der Waals surface area contributed by atoms with E-state index in [0.29, 0.717) is 12.1 Å². The fraction of sp³-hybridized carbons (Fsp3) is 0.263. The van der Waals surface area contributed by atoms with Crippen LogP contribution in [-0.4, -0.2) is 42.2 Å². The van der Waals surface area contributed by atoms with E-state index >= 15 is 0 Å². The van der Waals surface area contributed by atoms with Crippen molar-refractivity contribution >= 4 is 22.6 Å². The number of carbonyl (C=O) groups is 1. The highest BCUT2D eigenvalue weighted by Gasteiger charge is 2.13. The number of carbonyl (C=O) groups excluding carboxylic acids is 1. The molecule has 6 nitrogen and oxygen atoms in total. The molecule has 1 aliphatic heterocycles. The standard InChI is InChI=1S/C19H20N4O2/c24-19(16-2-1-3-17-15(16)5-7-20-17)22-13-14-4-6-21-18(12-14)23-8-10-25-11-9-23/h1-7,12,20H,8-11,13H2,(H,22,24). The Kier molecular flexibility index (Phi) is 4.35. The Hall–Kier alpha value is -2.86. The van der Waals surface area contributed by atoms with Gasteiger partial charge in [0.05, 0.1) is 13.2 Å². The van der Waals surface area contributed by atoms with Crippen molar-refractivity contribution in [2.75, 3.05) is 31.2 Å². The van der Waals surface area contributed by atoms with Crippen molar-refractivity contribution in [3.63, 3.8) is 0 Å². The van der Waals surface area contributed by atoms with Crippen LogP contribution in [0.5, 0.6) is 0 Å². The van der Waals surface area contributed by atoms with Gasteiger partial charge in [-0.05, 0) is 35.9 Å². The van der Waals surface area contributed by atoms with Crippen LogP contribution in [0.15, 0.2) is 48.8 Å². The van der Waals surface area contributed by atoms with Gasteiger partial charge in [-0.1, -0.05) is 6.07 Å². The Morgan fingerprint density at radius 2 is 2.12 bits per heavy atom. The van der Waals surface area contributed by atoms with Crippen molar-refractivity contribution in [1.29, 1.82) is 0 Å². The van der Waals surface area contributed by atoms with Crippen LogP contribution >= 0.6 is 0 Å². The molecule has 0 atom stereocenters. The van der Waals surface area contributed by atoms with Gasteiger partial charge in [0.25, 0.3) is 5.91 Å². The summed E-state index contributed by atoms with van der Waals surface area (Å²) in [5.74, 6) is 0.859. The van der Waals surface area contributed by atoms with E-state index in [1.807, 2.05) is 42.6 Å². The number of ether oxygens (including phenoxy) is 1. The number of pyridine rings is 1.